The average molecular weight is 538 g/mol. The Balaban J connectivity index is 1.28. The molecule has 1 aliphatic rings. The maximum absolute atomic E-state index is 13.0. The number of nitrogens with two attached hydrogens (primary N) is 1. The molecule has 1 aliphatic heterocycles. The number of carbonyl (C=O) groups is 3. The van der Waals surface area contributed by atoms with Gasteiger partial charge in [0.15, 0.2) is 0 Å². The van der Waals surface area contributed by atoms with Crippen molar-refractivity contribution in [3.63, 3.8) is 0 Å². The Bertz CT molecular complexity index is 1330. The second kappa shape index (κ2) is 11.9. The molecule has 2 aromatic carbocycles. The Morgan fingerprint density at radius 3 is 2.37 bits per heavy atom. The molecule has 0 spiro atoms. The van der Waals surface area contributed by atoms with E-state index < -0.39 is 11.9 Å². The van der Waals surface area contributed by atoms with Crippen molar-refractivity contribution in [1.29, 1.82) is 5.41 Å². The van der Waals surface area contributed by atoms with Crippen LogP contribution in [0.4, 0.5) is 4.39 Å². The van der Waals surface area contributed by atoms with Crippen LogP contribution in [0.2, 0.25) is 0 Å². The molecule has 2 atom stereocenters. The highest BCUT2D eigenvalue weighted by Gasteiger charge is 2.37. The van der Waals surface area contributed by atoms with Crippen LogP contribution in [0.25, 0.3) is 0 Å². The van der Waals surface area contributed by atoms with Crippen molar-refractivity contribution in [1.82, 2.24) is 15.5 Å². The summed E-state index contributed by atoms with van der Waals surface area (Å²) in [6, 6.07) is 13.1. The third-order valence-electron chi connectivity index (χ3n) is 6.10. The average Bonchev–Trinajstić information content (AvgIpc) is 3.54. The van der Waals surface area contributed by atoms with Crippen molar-refractivity contribution in [3.8, 4) is 11.5 Å². The predicted molar refractivity (Wildman–Crippen MR) is 142 cm³/mol. The number of halogens is 1. The van der Waals surface area contributed by atoms with Crippen molar-refractivity contribution < 1.29 is 23.5 Å². The van der Waals surface area contributed by atoms with Crippen LogP contribution in [0.3, 0.4) is 0 Å². The van der Waals surface area contributed by atoms with Crippen LogP contribution in [0.15, 0.2) is 60.0 Å². The summed E-state index contributed by atoms with van der Waals surface area (Å²) < 4.78 is 18.7. The van der Waals surface area contributed by atoms with Crippen LogP contribution >= 0.6 is 11.3 Å². The van der Waals surface area contributed by atoms with E-state index in [1.165, 1.54) is 40.5 Å². The minimum Gasteiger partial charge on any atom is -0.457 e. The maximum atomic E-state index is 13.0. The number of rotatable bonds is 9. The first-order chi connectivity index (χ1) is 18.2. The molecule has 198 valence electrons. The van der Waals surface area contributed by atoms with Crippen LogP contribution in [0, 0.1) is 17.1 Å². The number of nitrogens with zero attached hydrogens (tertiary/aromatic N) is 1. The molecule has 2 heterocycles. The zero-order valence-electron chi connectivity index (χ0n) is 20.7. The molecule has 4 rings (SSSR count). The van der Waals surface area contributed by atoms with Crippen LogP contribution < -0.4 is 21.1 Å². The summed E-state index contributed by atoms with van der Waals surface area (Å²) in [5, 5.41) is 14.7. The van der Waals surface area contributed by atoms with E-state index in [1.807, 2.05) is 6.92 Å². The Morgan fingerprint density at radius 1 is 1.08 bits per heavy atom. The molecule has 5 N–H and O–H groups in total. The summed E-state index contributed by atoms with van der Waals surface area (Å²) in [6.07, 6.45) is 0.532. The number of amides is 3. The third kappa shape index (κ3) is 6.74. The molecule has 38 heavy (non-hydrogen) atoms. The van der Waals surface area contributed by atoms with Gasteiger partial charge in [0.1, 0.15) is 29.2 Å². The van der Waals surface area contributed by atoms with Crippen molar-refractivity contribution in [2.75, 3.05) is 13.1 Å². The summed E-state index contributed by atoms with van der Waals surface area (Å²) in [5.41, 5.74) is 6.44. The molecule has 0 saturated carbocycles. The Labute approximate surface area is 223 Å². The van der Waals surface area contributed by atoms with Crippen LogP contribution in [-0.4, -0.2) is 47.6 Å². The van der Waals surface area contributed by atoms with E-state index in [0.717, 1.165) is 4.88 Å². The Kier molecular flexibility index (Phi) is 8.37. The highest BCUT2D eigenvalue weighted by molar-refractivity contribution is 7.10. The first kappa shape index (κ1) is 26.8. The van der Waals surface area contributed by atoms with E-state index in [-0.39, 0.29) is 42.5 Å². The third-order valence-corrected chi connectivity index (χ3v) is 7.04. The number of thiophene rings is 1. The van der Waals surface area contributed by atoms with Gasteiger partial charge in [-0.05, 0) is 66.9 Å². The number of hydrogen-bond acceptors (Lipinski definition) is 6. The van der Waals surface area contributed by atoms with Crippen molar-refractivity contribution in [2.24, 2.45) is 11.7 Å². The lowest BCUT2D eigenvalue weighted by Crippen LogP contribution is -2.48. The largest absolute Gasteiger partial charge is 0.457 e. The molecule has 11 heteroatoms. The number of ether oxygens (including phenoxy) is 1. The molecule has 0 radical (unpaired) electrons. The quantitative estimate of drug-likeness (QED) is 0.245. The maximum Gasteiger partial charge on any atom is 0.251 e. The zero-order chi connectivity index (χ0) is 27.2. The topological polar surface area (TPSA) is 138 Å². The smallest absolute Gasteiger partial charge is 0.251 e. The van der Waals surface area contributed by atoms with Gasteiger partial charge >= 0.3 is 0 Å². The fourth-order valence-corrected chi connectivity index (χ4v) is 4.97. The van der Waals surface area contributed by atoms with E-state index in [4.69, 9.17) is 15.9 Å². The van der Waals surface area contributed by atoms with Gasteiger partial charge in [-0.25, -0.2) is 4.39 Å². The van der Waals surface area contributed by atoms with Crippen molar-refractivity contribution >= 4 is 34.9 Å². The minimum atomic E-state index is -0.621. The molecule has 1 saturated heterocycles. The van der Waals surface area contributed by atoms with Crippen molar-refractivity contribution in [2.45, 2.75) is 25.9 Å². The summed E-state index contributed by atoms with van der Waals surface area (Å²) in [7, 11) is 0. The lowest BCUT2D eigenvalue weighted by molar-refractivity contribution is -0.137. The molecular weight excluding hydrogens is 509 g/mol. The lowest BCUT2D eigenvalue weighted by Gasteiger charge is -2.24. The van der Waals surface area contributed by atoms with Gasteiger partial charge in [-0.1, -0.05) is 6.92 Å². The molecule has 3 amide bonds. The molecule has 1 aromatic heterocycles. The van der Waals surface area contributed by atoms with E-state index in [9.17, 15) is 18.8 Å². The van der Waals surface area contributed by atoms with Gasteiger partial charge in [0, 0.05) is 27.9 Å². The zero-order valence-corrected chi connectivity index (χ0v) is 21.5. The number of likely N-dealkylation sites (tertiary alicyclic amines) is 1. The highest BCUT2D eigenvalue weighted by Crippen LogP contribution is 2.24. The van der Waals surface area contributed by atoms with Gasteiger partial charge in [0.25, 0.3) is 5.91 Å². The first-order valence-electron chi connectivity index (χ1n) is 12.0. The number of amidine groups is 1. The van der Waals surface area contributed by atoms with Gasteiger partial charge in [-0.3, -0.25) is 19.8 Å². The minimum absolute atomic E-state index is 0.0310. The fraction of sp³-hybridized carbons (Fsp3) is 0.259. The Morgan fingerprint density at radius 2 is 1.74 bits per heavy atom. The van der Waals surface area contributed by atoms with E-state index in [1.54, 1.807) is 35.7 Å². The van der Waals surface area contributed by atoms with E-state index in [2.05, 4.69) is 10.6 Å². The second-order valence-corrected chi connectivity index (χ2v) is 10.1. The number of carbonyl (C=O) groups excluding carboxylic acids is 3. The summed E-state index contributed by atoms with van der Waals surface area (Å²) in [4.78, 5) is 40.8. The number of nitrogens with one attached hydrogen (secondary N) is 3. The van der Waals surface area contributed by atoms with Crippen molar-refractivity contribution in [3.05, 3.63) is 81.8 Å². The molecular formula is C27H28FN5O4S. The fourth-order valence-electron chi connectivity index (χ4n) is 4.15. The summed E-state index contributed by atoms with van der Waals surface area (Å²) in [5.74, 6) is -0.344. The van der Waals surface area contributed by atoms with Gasteiger partial charge in [-0.15, -0.1) is 11.3 Å². The van der Waals surface area contributed by atoms with Gasteiger partial charge in [0.05, 0.1) is 13.1 Å². The van der Waals surface area contributed by atoms with Crippen LogP contribution in [-0.2, 0) is 16.1 Å². The van der Waals surface area contributed by atoms with Crippen LogP contribution in [0.1, 0.15) is 34.1 Å². The molecule has 0 aliphatic carbocycles. The highest BCUT2D eigenvalue weighted by atomic mass is 32.1. The number of benzene rings is 2. The standard InChI is InChI=1S/C27H28FN5O4S/c1-16-10-23(27(36)31-12-22-11-18(15-38-22)25(29)30)33(14-16)24(34)13-32-26(35)17-2-6-20(7-3-17)37-21-8-4-19(28)5-9-21/h2-9,11,15-16,23H,10,12-14H2,1H3,(H3,29,30)(H,31,36)(H,32,35)/t16-,23+/m1/s1. The van der Waals surface area contributed by atoms with E-state index in [0.29, 0.717) is 35.6 Å². The predicted octanol–water partition coefficient (Wildman–Crippen LogP) is 3.25. The van der Waals surface area contributed by atoms with Crippen LogP contribution in [0.5, 0.6) is 11.5 Å². The lowest BCUT2D eigenvalue weighted by atomic mass is 10.1. The van der Waals surface area contributed by atoms with Gasteiger partial charge < -0.3 is 26.0 Å². The van der Waals surface area contributed by atoms with Gasteiger partial charge in [-0.2, -0.15) is 0 Å². The molecule has 1 fully saturated rings. The first-order valence-corrected chi connectivity index (χ1v) is 12.9. The second-order valence-electron chi connectivity index (χ2n) is 9.10. The SMILES string of the molecule is C[C@@H]1C[C@@H](C(=O)NCc2cc(C(=N)N)cs2)N(C(=O)CNC(=O)c2ccc(Oc3ccc(F)cc3)cc2)C1. The molecule has 0 unspecified atom stereocenters. The normalized spacial score (nSPS) is 16.6. The molecule has 0 bridgehead atoms. The Hall–Kier alpha value is -4.25. The monoisotopic (exact) mass is 537 g/mol. The van der Waals surface area contributed by atoms with E-state index >= 15 is 0 Å². The number of nitrogen functional groups attached to an aromatic ring is 1. The number of hydrogen-bond donors (Lipinski definition) is 4. The molecule has 3 aromatic rings. The molecule has 9 nitrogen and oxygen atoms in total. The summed E-state index contributed by atoms with van der Waals surface area (Å²) >= 11 is 1.40. The van der Waals surface area contributed by atoms with Gasteiger partial charge in [0.2, 0.25) is 11.8 Å². The summed E-state index contributed by atoms with van der Waals surface area (Å²) in [6.45, 7) is 2.44.